The van der Waals surface area contributed by atoms with Crippen LogP contribution in [0.3, 0.4) is 0 Å². The van der Waals surface area contributed by atoms with E-state index in [9.17, 15) is 0 Å². The summed E-state index contributed by atoms with van der Waals surface area (Å²) in [5, 5.41) is 1.22. The molecule has 92 valence electrons. The molecule has 2 nitrogen and oxygen atoms in total. The fraction of sp³-hybridized carbons (Fsp3) is 0.0588. The zero-order chi connectivity index (χ0) is 12.7. The Morgan fingerprint density at radius 2 is 1.79 bits per heavy atom. The zero-order valence-electron chi connectivity index (χ0n) is 10.3. The van der Waals surface area contributed by atoms with Crippen LogP contribution in [0.25, 0.3) is 17.0 Å². The first-order valence-corrected chi connectivity index (χ1v) is 6.42. The number of hydrogen-bond acceptors (Lipinski definition) is 1. The van der Waals surface area contributed by atoms with Crippen molar-refractivity contribution in [1.29, 1.82) is 0 Å². The lowest BCUT2D eigenvalue weighted by Crippen LogP contribution is -2.08. The molecular formula is C17H13NO. The van der Waals surface area contributed by atoms with Gasteiger partial charge in [-0.2, -0.15) is 0 Å². The minimum atomic E-state index is -0.0222. The van der Waals surface area contributed by atoms with Gasteiger partial charge < -0.3 is 9.72 Å². The van der Waals surface area contributed by atoms with Crippen molar-refractivity contribution in [2.24, 2.45) is 0 Å². The summed E-state index contributed by atoms with van der Waals surface area (Å²) >= 11 is 0. The van der Waals surface area contributed by atoms with Crippen molar-refractivity contribution in [2.45, 2.75) is 6.10 Å². The van der Waals surface area contributed by atoms with Crippen molar-refractivity contribution >= 4 is 17.0 Å². The van der Waals surface area contributed by atoms with E-state index in [1.807, 2.05) is 30.5 Å². The monoisotopic (exact) mass is 247 g/mol. The predicted molar refractivity (Wildman–Crippen MR) is 77.1 cm³/mol. The molecule has 1 N–H and O–H groups in total. The third kappa shape index (κ3) is 1.65. The van der Waals surface area contributed by atoms with Gasteiger partial charge in [-0.05, 0) is 18.2 Å². The molecule has 1 aromatic heterocycles. The molecule has 19 heavy (non-hydrogen) atoms. The molecule has 0 amide bonds. The van der Waals surface area contributed by atoms with Crippen LogP contribution in [0.5, 0.6) is 5.75 Å². The molecule has 2 aromatic carbocycles. The number of H-pyrrole nitrogens is 1. The van der Waals surface area contributed by atoms with Crippen molar-refractivity contribution in [3.05, 3.63) is 71.9 Å². The Morgan fingerprint density at radius 1 is 0.947 bits per heavy atom. The van der Waals surface area contributed by atoms with E-state index in [0.717, 1.165) is 16.8 Å². The lowest BCUT2D eigenvalue weighted by atomic mass is 10.0. The van der Waals surface area contributed by atoms with Gasteiger partial charge in [0.05, 0.1) is 0 Å². The van der Waals surface area contributed by atoms with Crippen molar-refractivity contribution < 1.29 is 4.74 Å². The van der Waals surface area contributed by atoms with Gasteiger partial charge in [-0.15, -0.1) is 0 Å². The van der Waals surface area contributed by atoms with Crippen LogP contribution in [-0.2, 0) is 0 Å². The van der Waals surface area contributed by atoms with Gasteiger partial charge in [-0.1, -0.05) is 42.5 Å². The minimum absolute atomic E-state index is 0.0222. The Bertz CT molecular complexity index is 770. The molecule has 3 aromatic rings. The van der Waals surface area contributed by atoms with Crippen LogP contribution in [0.2, 0.25) is 0 Å². The molecule has 1 unspecified atom stereocenters. The van der Waals surface area contributed by atoms with E-state index >= 15 is 0 Å². The van der Waals surface area contributed by atoms with Gasteiger partial charge in [0.15, 0.2) is 0 Å². The van der Waals surface area contributed by atoms with Crippen molar-refractivity contribution in [3.8, 4) is 5.75 Å². The number of rotatable bonds is 1. The smallest absolute Gasteiger partial charge is 0.144 e. The van der Waals surface area contributed by atoms with Crippen molar-refractivity contribution in [3.63, 3.8) is 0 Å². The molecule has 0 aliphatic carbocycles. The molecule has 0 saturated carbocycles. The van der Waals surface area contributed by atoms with E-state index in [4.69, 9.17) is 4.74 Å². The van der Waals surface area contributed by atoms with Crippen LogP contribution in [0.4, 0.5) is 0 Å². The first kappa shape index (κ1) is 10.4. The van der Waals surface area contributed by atoms with Gasteiger partial charge in [0.25, 0.3) is 0 Å². The number of benzene rings is 2. The van der Waals surface area contributed by atoms with E-state index in [1.165, 1.54) is 10.9 Å². The summed E-state index contributed by atoms with van der Waals surface area (Å²) < 4.78 is 6.08. The summed E-state index contributed by atoms with van der Waals surface area (Å²) in [5.74, 6) is 0.945. The first-order valence-electron chi connectivity index (χ1n) is 6.42. The second-order valence-electron chi connectivity index (χ2n) is 4.72. The summed E-state index contributed by atoms with van der Waals surface area (Å²) in [6.45, 7) is 0. The lowest BCUT2D eigenvalue weighted by Gasteiger charge is -2.21. The third-order valence-corrected chi connectivity index (χ3v) is 3.55. The van der Waals surface area contributed by atoms with Crippen LogP contribution in [-0.4, -0.2) is 4.98 Å². The Balaban J connectivity index is 1.79. The quantitative estimate of drug-likeness (QED) is 0.680. The van der Waals surface area contributed by atoms with Gasteiger partial charge in [0.2, 0.25) is 0 Å². The van der Waals surface area contributed by atoms with Gasteiger partial charge >= 0.3 is 0 Å². The maximum absolute atomic E-state index is 6.08. The molecule has 2 heteroatoms. The molecule has 0 radical (unpaired) electrons. The minimum Gasteiger partial charge on any atom is -0.481 e. The SMILES string of the molecule is C1=CC(c2c[nH]c3ccccc23)Oc2ccccc21. The number of hydrogen-bond donors (Lipinski definition) is 1. The summed E-state index contributed by atoms with van der Waals surface area (Å²) in [6.07, 6.45) is 6.25. The van der Waals surface area contributed by atoms with E-state index < -0.39 is 0 Å². The highest BCUT2D eigenvalue weighted by Crippen LogP contribution is 2.34. The van der Waals surface area contributed by atoms with Crippen LogP contribution >= 0.6 is 0 Å². The molecule has 0 spiro atoms. The molecular weight excluding hydrogens is 234 g/mol. The number of para-hydroxylation sites is 2. The number of nitrogens with one attached hydrogen (secondary N) is 1. The maximum Gasteiger partial charge on any atom is 0.144 e. The van der Waals surface area contributed by atoms with E-state index in [2.05, 4.69) is 41.4 Å². The molecule has 1 aliphatic heterocycles. The first-order chi connectivity index (χ1) is 9.42. The second-order valence-corrected chi connectivity index (χ2v) is 4.72. The lowest BCUT2D eigenvalue weighted by molar-refractivity contribution is 0.253. The maximum atomic E-state index is 6.08. The average Bonchev–Trinajstić information content (AvgIpc) is 2.91. The van der Waals surface area contributed by atoms with Crippen LogP contribution < -0.4 is 4.74 Å². The van der Waals surface area contributed by atoms with Crippen LogP contribution in [0.15, 0.2) is 60.8 Å². The molecule has 0 fully saturated rings. The standard InChI is InChI=1S/C17H13NO/c1-4-8-16-12(5-1)9-10-17(19-16)14-11-18-15-7-3-2-6-13(14)15/h1-11,17-18H. The Hall–Kier alpha value is -2.48. The number of aromatic nitrogens is 1. The highest BCUT2D eigenvalue weighted by Gasteiger charge is 2.18. The molecule has 2 heterocycles. The van der Waals surface area contributed by atoms with Crippen molar-refractivity contribution in [1.82, 2.24) is 4.98 Å². The normalized spacial score (nSPS) is 17.2. The third-order valence-electron chi connectivity index (χ3n) is 3.55. The Labute approximate surface area is 111 Å². The van der Waals surface area contributed by atoms with Crippen molar-refractivity contribution in [2.75, 3.05) is 0 Å². The zero-order valence-corrected chi connectivity index (χ0v) is 10.3. The Kier molecular flexibility index (Phi) is 2.21. The summed E-state index contributed by atoms with van der Waals surface area (Å²) in [7, 11) is 0. The molecule has 1 aliphatic rings. The predicted octanol–water partition coefficient (Wildman–Crippen LogP) is 4.31. The summed E-state index contributed by atoms with van der Waals surface area (Å²) in [6, 6.07) is 16.4. The van der Waals surface area contributed by atoms with Gasteiger partial charge in [-0.25, -0.2) is 0 Å². The molecule has 0 bridgehead atoms. The summed E-state index contributed by atoms with van der Waals surface area (Å²) in [5.41, 5.74) is 3.47. The molecule has 0 saturated heterocycles. The largest absolute Gasteiger partial charge is 0.481 e. The molecule has 1 atom stereocenters. The van der Waals surface area contributed by atoms with Gasteiger partial charge in [0, 0.05) is 28.2 Å². The number of ether oxygens (including phenoxy) is 1. The average molecular weight is 247 g/mol. The number of fused-ring (bicyclic) bond motifs is 2. The van der Waals surface area contributed by atoms with Crippen LogP contribution in [0.1, 0.15) is 17.2 Å². The van der Waals surface area contributed by atoms with E-state index in [1.54, 1.807) is 0 Å². The second kappa shape index (κ2) is 4.02. The van der Waals surface area contributed by atoms with E-state index in [-0.39, 0.29) is 6.10 Å². The van der Waals surface area contributed by atoms with Gasteiger partial charge in [0.1, 0.15) is 11.9 Å². The highest BCUT2D eigenvalue weighted by atomic mass is 16.5. The summed E-state index contributed by atoms with van der Waals surface area (Å²) in [4.78, 5) is 3.30. The van der Waals surface area contributed by atoms with Gasteiger partial charge in [-0.3, -0.25) is 0 Å². The Morgan fingerprint density at radius 3 is 2.79 bits per heavy atom. The fourth-order valence-corrected chi connectivity index (χ4v) is 2.59. The highest BCUT2D eigenvalue weighted by molar-refractivity contribution is 5.84. The van der Waals surface area contributed by atoms with Crippen LogP contribution in [0, 0.1) is 0 Å². The molecule has 4 rings (SSSR count). The number of aromatic amines is 1. The topological polar surface area (TPSA) is 25.0 Å². The fourth-order valence-electron chi connectivity index (χ4n) is 2.59. The van der Waals surface area contributed by atoms with E-state index in [0.29, 0.717) is 0 Å².